The van der Waals surface area contributed by atoms with Crippen molar-refractivity contribution >= 4 is 12.0 Å². The normalized spacial score (nSPS) is 19.2. The van der Waals surface area contributed by atoms with Crippen LogP contribution in [0.25, 0.3) is 0 Å². The number of amides is 2. The molecule has 1 fully saturated rings. The molecule has 47 heavy (non-hydrogen) atoms. The molecule has 2 amide bonds. The Kier molecular flexibility index (Phi) is 10.6. The number of ether oxygens (including phenoxy) is 1. The second-order valence-electron chi connectivity index (χ2n) is 11.4. The molecule has 1 saturated heterocycles. The molecule has 4 nitrogen and oxygen atoms in total. The summed E-state index contributed by atoms with van der Waals surface area (Å²) in [6.07, 6.45) is -15.6. The van der Waals surface area contributed by atoms with E-state index in [1.54, 1.807) is 50.2 Å². The van der Waals surface area contributed by atoms with Crippen molar-refractivity contribution in [1.29, 1.82) is 0 Å². The number of hydrogen-bond donors (Lipinski definition) is 0. The van der Waals surface area contributed by atoms with Crippen molar-refractivity contribution in [3.63, 3.8) is 0 Å². The van der Waals surface area contributed by atoms with Gasteiger partial charge in [0, 0.05) is 12.8 Å². The molecule has 0 aromatic heterocycles. The highest BCUT2D eigenvalue weighted by atomic mass is 19.4. The smallest absolute Gasteiger partial charge is 0.444 e. The minimum Gasteiger partial charge on any atom is -0.444 e. The van der Waals surface area contributed by atoms with Crippen LogP contribution in [0.2, 0.25) is 0 Å². The molecule has 0 unspecified atom stereocenters. The Hall–Kier alpha value is -3.53. The van der Waals surface area contributed by atoms with E-state index in [1.807, 2.05) is 0 Å². The summed E-state index contributed by atoms with van der Waals surface area (Å²) in [4.78, 5) is 26.9. The van der Waals surface area contributed by atoms with Gasteiger partial charge in [0.1, 0.15) is 6.10 Å². The molecule has 1 aliphatic heterocycles. The van der Waals surface area contributed by atoms with Crippen molar-refractivity contribution in [3.8, 4) is 0 Å². The number of benzene rings is 2. The Morgan fingerprint density at radius 2 is 1.23 bits per heavy atom. The standard InChI is InChI=1S/C30H28F13NO3/c1-17(2)20(19-11-7-4-8-12-19)16-23(45)44-21(15-18-9-5-3-6-10-18)22(47-24(44)46)13-14-25(31,32)26(33,34)27(35,36)28(37,38)29(39,40)30(41,42)43/h3-12,17,20-22H,13-16H2,1-2H3/t20-,21+,22-/m1/s1. The Morgan fingerprint density at radius 1 is 0.745 bits per heavy atom. The Bertz CT molecular complexity index is 1380. The number of carbonyl (C=O) groups excluding carboxylic acids is 2. The zero-order chi connectivity index (χ0) is 35.8. The number of nitrogens with zero attached hydrogens (tertiary/aromatic N) is 1. The lowest BCUT2D eigenvalue weighted by Crippen LogP contribution is -2.70. The van der Waals surface area contributed by atoms with E-state index in [2.05, 4.69) is 0 Å². The first-order valence-corrected chi connectivity index (χ1v) is 14.0. The molecule has 0 bridgehead atoms. The summed E-state index contributed by atoms with van der Waals surface area (Å²) < 4.78 is 182. The van der Waals surface area contributed by atoms with Crippen LogP contribution >= 0.6 is 0 Å². The van der Waals surface area contributed by atoms with E-state index < -0.39 is 78.7 Å². The third-order valence-electron chi connectivity index (χ3n) is 7.93. The van der Waals surface area contributed by atoms with Gasteiger partial charge in [0.2, 0.25) is 5.91 Å². The van der Waals surface area contributed by atoms with Gasteiger partial charge < -0.3 is 4.74 Å². The van der Waals surface area contributed by atoms with Crippen LogP contribution < -0.4 is 0 Å². The molecule has 0 aliphatic carbocycles. The van der Waals surface area contributed by atoms with Crippen molar-refractivity contribution in [1.82, 2.24) is 4.90 Å². The van der Waals surface area contributed by atoms with Crippen molar-refractivity contribution in [2.24, 2.45) is 5.92 Å². The Morgan fingerprint density at radius 3 is 1.72 bits per heavy atom. The predicted molar refractivity (Wildman–Crippen MR) is 140 cm³/mol. The maximum Gasteiger partial charge on any atom is 0.460 e. The monoisotopic (exact) mass is 697 g/mol. The fourth-order valence-electron chi connectivity index (χ4n) is 5.19. The summed E-state index contributed by atoms with van der Waals surface area (Å²) in [5, 5.41) is 0. The van der Waals surface area contributed by atoms with Crippen molar-refractivity contribution < 1.29 is 71.4 Å². The van der Waals surface area contributed by atoms with E-state index in [0.29, 0.717) is 16.0 Å². The van der Waals surface area contributed by atoms with Gasteiger partial charge in [0.15, 0.2) is 0 Å². The topological polar surface area (TPSA) is 46.6 Å². The van der Waals surface area contributed by atoms with Crippen molar-refractivity contribution in [3.05, 3.63) is 71.8 Å². The molecule has 3 atom stereocenters. The van der Waals surface area contributed by atoms with Gasteiger partial charge in [-0.1, -0.05) is 74.5 Å². The van der Waals surface area contributed by atoms with Crippen LogP contribution in [0.1, 0.15) is 50.2 Å². The van der Waals surface area contributed by atoms with Crippen LogP contribution in [0.15, 0.2) is 60.7 Å². The number of carbonyl (C=O) groups is 2. The second-order valence-corrected chi connectivity index (χ2v) is 11.4. The Labute approximate surface area is 259 Å². The van der Waals surface area contributed by atoms with Gasteiger partial charge in [-0.25, -0.2) is 9.69 Å². The maximum atomic E-state index is 14.6. The fourth-order valence-corrected chi connectivity index (χ4v) is 5.19. The second kappa shape index (κ2) is 13.2. The van der Waals surface area contributed by atoms with E-state index in [0.717, 1.165) is 0 Å². The van der Waals surface area contributed by atoms with Gasteiger partial charge in [-0.15, -0.1) is 0 Å². The van der Waals surface area contributed by atoms with E-state index in [-0.39, 0.29) is 18.8 Å². The lowest BCUT2D eigenvalue weighted by atomic mass is 9.85. The molecule has 262 valence electrons. The average Bonchev–Trinajstić information content (AvgIpc) is 3.28. The molecule has 0 N–H and O–H groups in total. The minimum atomic E-state index is -8.02. The van der Waals surface area contributed by atoms with E-state index >= 15 is 0 Å². The number of cyclic esters (lactones) is 1. The van der Waals surface area contributed by atoms with Gasteiger partial charge in [-0.05, 0) is 35.8 Å². The van der Waals surface area contributed by atoms with Crippen LogP contribution in [-0.4, -0.2) is 64.8 Å². The van der Waals surface area contributed by atoms with E-state index in [1.165, 1.54) is 24.3 Å². The minimum absolute atomic E-state index is 0.186. The van der Waals surface area contributed by atoms with Crippen molar-refractivity contribution in [2.45, 2.75) is 93.4 Å². The molecule has 3 rings (SSSR count). The van der Waals surface area contributed by atoms with E-state index in [9.17, 15) is 66.7 Å². The summed E-state index contributed by atoms with van der Waals surface area (Å²) in [5.74, 6) is -39.2. The van der Waals surface area contributed by atoms with E-state index in [4.69, 9.17) is 4.74 Å². The zero-order valence-electron chi connectivity index (χ0n) is 24.5. The van der Waals surface area contributed by atoms with Crippen LogP contribution in [0, 0.1) is 5.92 Å². The van der Waals surface area contributed by atoms with Crippen LogP contribution in [-0.2, 0) is 16.0 Å². The lowest BCUT2D eigenvalue weighted by Gasteiger charge is -2.40. The highest BCUT2D eigenvalue weighted by Gasteiger charge is 2.90. The summed E-state index contributed by atoms with van der Waals surface area (Å²) in [7, 11) is 0. The molecule has 1 aliphatic rings. The largest absolute Gasteiger partial charge is 0.460 e. The van der Waals surface area contributed by atoms with Crippen molar-refractivity contribution in [2.75, 3.05) is 0 Å². The summed E-state index contributed by atoms with van der Waals surface area (Å²) in [5.41, 5.74) is 1.05. The quantitative estimate of drug-likeness (QED) is 0.196. The van der Waals surface area contributed by atoms with Gasteiger partial charge >= 0.3 is 41.9 Å². The predicted octanol–water partition coefficient (Wildman–Crippen LogP) is 9.29. The molecule has 0 spiro atoms. The molecule has 2 aromatic rings. The highest BCUT2D eigenvalue weighted by Crippen LogP contribution is 2.61. The highest BCUT2D eigenvalue weighted by molar-refractivity contribution is 5.94. The number of halogens is 13. The first-order chi connectivity index (χ1) is 21.4. The molecular weight excluding hydrogens is 669 g/mol. The number of hydrogen-bond acceptors (Lipinski definition) is 3. The van der Waals surface area contributed by atoms with Gasteiger partial charge in [-0.3, -0.25) is 4.79 Å². The first kappa shape index (κ1) is 37.9. The van der Waals surface area contributed by atoms with Gasteiger partial charge in [0.05, 0.1) is 6.04 Å². The molecule has 1 heterocycles. The third-order valence-corrected chi connectivity index (χ3v) is 7.93. The third kappa shape index (κ3) is 7.03. The number of alkyl halides is 13. The average molecular weight is 698 g/mol. The summed E-state index contributed by atoms with van der Waals surface area (Å²) >= 11 is 0. The molecular formula is C30H28F13NO3. The SMILES string of the molecule is CC(C)[C@@H](CC(=O)N1C(=O)O[C@H](CCC(F)(F)C(F)(F)C(F)(F)C(F)(F)C(F)(F)C(F)(F)F)[C@@H]1Cc1ccccc1)c1ccccc1. The molecule has 0 saturated carbocycles. The zero-order valence-corrected chi connectivity index (χ0v) is 24.5. The fraction of sp³-hybridized carbons (Fsp3) is 0.533. The van der Waals surface area contributed by atoms with Crippen LogP contribution in [0.4, 0.5) is 61.9 Å². The number of rotatable bonds is 13. The number of imide groups is 1. The maximum absolute atomic E-state index is 14.6. The lowest BCUT2D eigenvalue weighted by molar-refractivity contribution is -0.440. The molecule has 17 heteroatoms. The van der Waals surface area contributed by atoms with Crippen LogP contribution in [0.5, 0.6) is 0 Å². The molecule has 0 radical (unpaired) electrons. The first-order valence-electron chi connectivity index (χ1n) is 14.0. The van der Waals surface area contributed by atoms with Gasteiger partial charge in [-0.2, -0.15) is 57.1 Å². The van der Waals surface area contributed by atoms with Gasteiger partial charge in [0.25, 0.3) is 0 Å². The summed E-state index contributed by atoms with van der Waals surface area (Å²) in [6, 6.07) is 14.5. The molecule has 2 aromatic carbocycles. The van der Waals surface area contributed by atoms with Crippen LogP contribution in [0.3, 0.4) is 0 Å². The summed E-state index contributed by atoms with van der Waals surface area (Å²) in [6.45, 7) is 3.54. The Balaban J connectivity index is 1.91.